The molecule has 1 aromatic carbocycles. The van der Waals surface area contributed by atoms with E-state index in [1.165, 1.54) is 6.20 Å². The van der Waals surface area contributed by atoms with E-state index in [-0.39, 0.29) is 5.91 Å². The number of halogens is 2. The smallest absolute Gasteiger partial charge is 0.274 e. The highest BCUT2D eigenvalue weighted by atomic mass is 79.9. The summed E-state index contributed by atoms with van der Waals surface area (Å²) in [5.41, 5.74) is 1.75. The average molecular weight is 396 g/mol. The number of anilines is 1. The number of H-pyrrole nitrogens is 1. The lowest BCUT2D eigenvalue weighted by Crippen LogP contribution is -2.13. The highest BCUT2D eigenvalue weighted by molar-refractivity contribution is 9.11. The number of nitrogens with zero attached hydrogens (tertiary/aromatic N) is 2. The van der Waals surface area contributed by atoms with Crippen molar-refractivity contribution in [2.45, 2.75) is 0 Å². The van der Waals surface area contributed by atoms with Gasteiger partial charge in [0.05, 0.1) is 21.9 Å². The minimum Gasteiger partial charge on any atom is -0.319 e. The lowest BCUT2D eigenvalue weighted by atomic mass is 10.2. The van der Waals surface area contributed by atoms with Gasteiger partial charge in [0.15, 0.2) is 0 Å². The third-order valence-corrected chi connectivity index (χ3v) is 4.08. The molecule has 0 aliphatic heterocycles. The van der Waals surface area contributed by atoms with Gasteiger partial charge in [-0.15, -0.1) is 0 Å². The van der Waals surface area contributed by atoms with Crippen LogP contribution in [0.15, 0.2) is 45.6 Å². The molecular weight excluding hydrogens is 388 g/mol. The van der Waals surface area contributed by atoms with Gasteiger partial charge in [0.25, 0.3) is 5.91 Å². The standard InChI is InChI=1S/C13H8Br2N4O/c14-8-3-4-10(11-7(8)2-1-5-16-11)18-13(20)12-9(15)6-17-19-12/h1-6H,(H,17,19)(H,18,20). The molecule has 20 heavy (non-hydrogen) atoms. The van der Waals surface area contributed by atoms with Crippen molar-refractivity contribution in [2.24, 2.45) is 0 Å². The van der Waals surface area contributed by atoms with Gasteiger partial charge in [0.2, 0.25) is 0 Å². The molecule has 2 heterocycles. The minimum absolute atomic E-state index is 0.274. The van der Waals surface area contributed by atoms with Crippen molar-refractivity contribution in [3.63, 3.8) is 0 Å². The second kappa shape index (κ2) is 5.34. The van der Waals surface area contributed by atoms with E-state index in [1.807, 2.05) is 24.3 Å². The summed E-state index contributed by atoms with van der Waals surface area (Å²) in [4.78, 5) is 16.5. The van der Waals surface area contributed by atoms with E-state index in [1.54, 1.807) is 6.20 Å². The van der Waals surface area contributed by atoms with E-state index < -0.39 is 0 Å². The molecule has 0 radical (unpaired) electrons. The molecule has 0 atom stereocenters. The van der Waals surface area contributed by atoms with Crippen molar-refractivity contribution in [3.8, 4) is 0 Å². The third-order valence-electron chi connectivity index (χ3n) is 2.78. The monoisotopic (exact) mass is 394 g/mol. The van der Waals surface area contributed by atoms with Crippen LogP contribution in [0, 0.1) is 0 Å². The fourth-order valence-electron chi connectivity index (χ4n) is 1.85. The van der Waals surface area contributed by atoms with Crippen molar-refractivity contribution in [3.05, 3.63) is 51.3 Å². The number of rotatable bonds is 2. The second-order valence-corrected chi connectivity index (χ2v) is 5.75. The number of carbonyl (C=O) groups excluding carboxylic acids is 1. The predicted octanol–water partition coefficient (Wildman–Crippen LogP) is 3.74. The summed E-state index contributed by atoms with van der Waals surface area (Å²) < 4.78 is 1.55. The maximum absolute atomic E-state index is 12.2. The molecule has 0 spiro atoms. The van der Waals surface area contributed by atoms with Gasteiger partial charge >= 0.3 is 0 Å². The summed E-state index contributed by atoms with van der Waals surface area (Å²) in [6.45, 7) is 0. The van der Waals surface area contributed by atoms with E-state index in [0.717, 1.165) is 15.4 Å². The first-order chi connectivity index (χ1) is 9.66. The Labute approximate surface area is 131 Å². The van der Waals surface area contributed by atoms with Crippen LogP contribution >= 0.6 is 31.9 Å². The second-order valence-electron chi connectivity index (χ2n) is 4.04. The third kappa shape index (κ3) is 2.34. The van der Waals surface area contributed by atoms with Gasteiger partial charge in [-0.1, -0.05) is 22.0 Å². The fraction of sp³-hybridized carbons (Fsp3) is 0. The quantitative estimate of drug-likeness (QED) is 0.694. The first-order valence-corrected chi connectivity index (χ1v) is 7.29. The van der Waals surface area contributed by atoms with Crippen molar-refractivity contribution in [1.29, 1.82) is 0 Å². The Morgan fingerprint density at radius 1 is 1.20 bits per heavy atom. The van der Waals surface area contributed by atoms with Crippen molar-refractivity contribution in [2.75, 3.05) is 5.32 Å². The molecular formula is C13H8Br2N4O. The maximum Gasteiger partial charge on any atom is 0.274 e. The van der Waals surface area contributed by atoms with Crippen LogP contribution in [0.1, 0.15) is 10.5 Å². The van der Waals surface area contributed by atoms with Crippen molar-refractivity contribution < 1.29 is 4.79 Å². The van der Waals surface area contributed by atoms with E-state index in [0.29, 0.717) is 15.9 Å². The summed E-state index contributed by atoms with van der Waals surface area (Å²) in [5, 5.41) is 10.2. The van der Waals surface area contributed by atoms with Crippen LogP contribution in [0.5, 0.6) is 0 Å². The molecule has 3 aromatic rings. The Hall–Kier alpha value is -1.73. The van der Waals surface area contributed by atoms with Crippen LogP contribution in [-0.2, 0) is 0 Å². The van der Waals surface area contributed by atoms with Gasteiger partial charge in [-0.2, -0.15) is 5.10 Å². The Kier molecular flexibility index (Phi) is 3.54. The Morgan fingerprint density at radius 2 is 2.05 bits per heavy atom. The van der Waals surface area contributed by atoms with Gasteiger partial charge < -0.3 is 5.32 Å². The summed E-state index contributed by atoms with van der Waals surface area (Å²) in [5.74, 6) is -0.274. The van der Waals surface area contributed by atoms with Crippen molar-refractivity contribution in [1.82, 2.24) is 15.2 Å². The zero-order chi connectivity index (χ0) is 14.1. The summed E-state index contributed by atoms with van der Waals surface area (Å²) in [6, 6.07) is 7.47. The lowest BCUT2D eigenvalue weighted by molar-refractivity contribution is 0.102. The van der Waals surface area contributed by atoms with Crippen molar-refractivity contribution >= 4 is 54.4 Å². The molecule has 100 valence electrons. The summed E-state index contributed by atoms with van der Waals surface area (Å²) in [6.07, 6.45) is 3.23. The molecule has 3 rings (SSSR count). The van der Waals surface area contributed by atoms with Crippen LogP contribution in [0.4, 0.5) is 5.69 Å². The molecule has 5 nitrogen and oxygen atoms in total. The number of nitrogens with one attached hydrogen (secondary N) is 2. The first-order valence-electron chi connectivity index (χ1n) is 5.70. The fourth-order valence-corrected chi connectivity index (χ4v) is 2.68. The molecule has 0 saturated heterocycles. The lowest BCUT2D eigenvalue weighted by Gasteiger charge is -2.08. The van der Waals surface area contributed by atoms with E-state index in [4.69, 9.17) is 0 Å². The van der Waals surface area contributed by atoms with Crippen LogP contribution in [-0.4, -0.2) is 21.1 Å². The number of hydrogen-bond acceptors (Lipinski definition) is 3. The predicted molar refractivity (Wildman–Crippen MR) is 83.7 cm³/mol. The molecule has 7 heteroatoms. The first kappa shape index (κ1) is 13.3. The summed E-state index contributed by atoms with van der Waals surface area (Å²) in [7, 11) is 0. The number of aromatic nitrogens is 3. The van der Waals surface area contributed by atoms with E-state index in [2.05, 4.69) is 52.4 Å². The zero-order valence-corrected chi connectivity index (χ0v) is 13.2. The minimum atomic E-state index is -0.274. The maximum atomic E-state index is 12.2. The van der Waals surface area contributed by atoms with Gasteiger partial charge in [-0.05, 0) is 34.1 Å². The SMILES string of the molecule is O=C(Nc1ccc(Br)c2cccnc12)c1[nH]ncc1Br. The molecule has 0 unspecified atom stereocenters. The highest BCUT2D eigenvalue weighted by Crippen LogP contribution is 2.28. The molecule has 0 fully saturated rings. The molecule has 1 amide bonds. The molecule has 0 bridgehead atoms. The van der Waals surface area contributed by atoms with Crippen LogP contribution in [0.3, 0.4) is 0 Å². The molecule has 0 aliphatic rings. The molecule has 2 N–H and O–H groups in total. The van der Waals surface area contributed by atoms with Crippen LogP contribution in [0.2, 0.25) is 0 Å². The number of benzene rings is 1. The zero-order valence-electron chi connectivity index (χ0n) is 10.0. The number of carbonyl (C=O) groups is 1. The highest BCUT2D eigenvalue weighted by Gasteiger charge is 2.14. The van der Waals surface area contributed by atoms with Gasteiger partial charge in [-0.3, -0.25) is 14.9 Å². The number of amides is 1. The topological polar surface area (TPSA) is 70.7 Å². The van der Waals surface area contributed by atoms with E-state index in [9.17, 15) is 4.79 Å². The van der Waals surface area contributed by atoms with Gasteiger partial charge in [-0.25, -0.2) is 0 Å². The Bertz CT molecular complexity index is 800. The van der Waals surface area contributed by atoms with Gasteiger partial charge in [0, 0.05) is 16.1 Å². The number of hydrogen-bond donors (Lipinski definition) is 2. The van der Waals surface area contributed by atoms with Crippen LogP contribution in [0.25, 0.3) is 10.9 Å². The number of pyridine rings is 1. The molecule has 0 saturated carbocycles. The largest absolute Gasteiger partial charge is 0.319 e. The summed E-state index contributed by atoms with van der Waals surface area (Å²) >= 11 is 6.74. The molecule has 2 aromatic heterocycles. The van der Waals surface area contributed by atoms with E-state index >= 15 is 0 Å². The molecule has 0 aliphatic carbocycles. The number of fused-ring (bicyclic) bond motifs is 1. The Morgan fingerprint density at radius 3 is 2.80 bits per heavy atom. The average Bonchev–Trinajstić information content (AvgIpc) is 2.88. The van der Waals surface area contributed by atoms with Crippen LogP contribution < -0.4 is 5.32 Å². The normalized spacial score (nSPS) is 10.7. The Balaban J connectivity index is 2.02. The van der Waals surface area contributed by atoms with Gasteiger partial charge in [0.1, 0.15) is 5.69 Å². The number of aromatic amines is 1.